The number of alkyl halides is 3. The number of sulfonamides is 1. The molecule has 2 rings (SSSR count). The molecule has 1 saturated heterocycles. The van der Waals surface area contributed by atoms with Crippen molar-refractivity contribution in [3.05, 3.63) is 24.3 Å². The van der Waals surface area contributed by atoms with Crippen LogP contribution in [-0.4, -0.2) is 56.8 Å². The molecule has 1 fully saturated rings. The van der Waals surface area contributed by atoms with Crippen molar-refractivity contribution in [2.75, 3.05) is 30.9 Å². The second-order valence-electron chi connectivity index (χ2n) is 5.66. The minimum atomic E-state index is -4.56. The summed E-state index contributed by atoms with van der Waals surface area (Å²) in [6.45, 7) is 1.39. The molecule has 0 saturated carbocycles. The lowest BCUT2D eigenvalue weighted by Crippen LogP contribution is -2.58. The van der Waals surface area contributed by atoms with Gasteiger partial charge >= 0.3 is 6.18 Å². The summed E-state index contributed by atoms with van der Waals surface area (Å²) in [5.74, 6) is -0.930. The number of carbonyl (C=O) groups is 1. The van der Waals surface area contributed by atoms with E-state index >= 15 is 0 Å². The molecule has 1 aliphatic rings. The molecule has 0 bridgehead atoms. The largest absolute Gasteiger partial charge is 0.497 e. The second kappa shape index (κ2) is 7.20. The summed E-state index contributed by atoms with van der Waals surface area (Å²) in [6.07, 6.45) is -6.00. The van der Waals surface area contributed by atoms with Crippen molar-refractivity contribution in [2.45, 2.75) is 25.6 Å². The third kappa shape index (κ3) is 4.63. The molecule has 1 amide bonds. The Hall–Kier alpha value is -1.81. The number of benzene rings is 1. The Bertz CT molecular complexity index is 719. The minimum absolute atomic E-state index is 0.0564. The molecule has 0 radical (unpaired) electrons. The van der Waals surface area contributed by atoms with Crippen LogP contribution in [0.3, 0.4) is 0 Å². The molecule has 0 aromatic heterocycles. The van der Waals surface area contributed by atoms with Crippen LogP contribution >= 0.6 is 0 Å². The van der Waals surface area contributed by atoms with E-state index in [2.05, 4.69) is 0 Å². The zero-order valence-electron chi connectivity index (χ0n) is 13.8. The summed E-state index contributed by atoms with van der Waals surface area (Å²) in [7, 11) is -2.66. The number of hydrogen-bond donors (Lipinski definition) is 0. The topological polar surface area (TPSA) is 66.9 Å². The van der Waals surface area contributed by atoms with Gasteiger partial charge in [-0.25, -0.2) is 8.42 Å². The monoisotopic (exact) mass is 380 g/mol. The summed E-state index contributed by atoms with van der Waals surface area (Å²) >= 11 is 0. The number of nitrogens with zero attached hydrogens (tertiary/aromatic N) is 2. The Morgan fingerprint density at radius 1 is 1.20 bits per heavy atom. The van der Waals surface area contributed by atoms with Crippen molar-refractivity contribution in [1.29, 1.82) is 0 Å². The fourth-order valence-corrected chi connectivity index (χ4v) is 4.27. The predicted octanol–water partition coefficient (Wildman–Crippen LogP) is 2.01. The Kier molecular flexibility index (Phi) is 5.62. The van der Waals surface area contributed by atoms with Crippen LogP contribution in [0.15, 0.2) is 24.3 Å². The van der Waals surface area contributed by atoms with Gasteiger partial charge in [0.25, 0.3) is 0 Å². The van der Waals surface area contributed by atoms with E-state index in [4.69, 9.17) is 4.74 Å². The molecule has 1 aromatic rings. The number of hydrogen-bond acceptors (Lipinski definition) is 4. The summed E-state index contributed by atoms with van der Waals surface area (Å²) < 4.78 is 67.1. The average Bonchev–Trinajstić information content (AvgIpc) is 2.55. The highest BCUT2D eigenvalue weighted by molar-refractivity contribution is 7.89. The molecule has 0 unspecified atom stereocenters. The Balaban J connectivity index is 2.12. The fraction of sp³-hybridized carbons (Fsp3) is 0.533. The van der Waals surface area contributed by atoms with E-state index in [9.17, 15) is 26.4 Å². The molecule has 10 heteroatoms. The van der Waals surface area contributed by atoms with Crippen LogP contribution in [0.2, 0.25) is 0 Å². The number of anilines is 1. The molecule has 1 atom stereocenters. The van der Waals surface area contributed by atoms with Crippen molar-refractivity contribution < 1.29 is 31.1 Å². The van der Waals surface area contributed by atoms with Gasteiger partial charge in [0.2, 0.25) is 15.9 Å². The number of piperazine rings is 1. The number of ether oxygens (including phenoxy) is 1. The van der Waals surface area contributed by atoms with E-state index in [1.165, 1.54) is 18.9 Å². The van der Waals surface area contributed by atoms with E-state index in [1.807, 2.05) is 0 Å². The van der Waals surface area contributed by atoms with Gasteiger partial charge < -0.3 is 9.64 Å². The fourth-order valence-electron chi connectivity index (χ4n) is 2.61. The van der Waals surface area contributed by atoms with Gasteiger partial charge in [0, 0.05) is 18.8 Å². The van der Waals surface area contributed by atoms with Gasteiger partial charge in [-0.15, -0.1) is 0 Å². The third-order valence-electron chi connectivity index (χ3n) is 3.98. The van der Waals surface area contributed by atoms with Gasteiger partial charge in [0.1, 0.15) is 11.8 Å². The smallest absolute Gasteiger partial charge is 0.390 e. The van der Waals surface area contributed by atoms with Crippen LogP contribution in [-0.2, 0) is 14.8 Å². The van der Waals surface area contributed by atoms with Gasteiger partial charge in [-0.3, -0.25) is 4.79 Å². The van der Waals surface area contributed by atoms with Crippen LogP contribution in [0.1, 0.15) is 13.3 Å². The highest BCUT2D eigenvalue weighted by Gasteiger charge is 2.40. The minimum Gasteiger partial charge on any atom is -0.497 e. The van der Waals surface area contributed by atoms with Crippen molar-refractivity contribution in [1.82, 2.24) is 4.31 Å². The normalized spacial score (nSPS) is 20.0. The highest BCUT2D eigenvalue weighted by Crippen LogP contribution is 2.26. The van der Waals surface area contributed by atoms with E-state index in [-0.39, 0.29) is 13.1 Å². The lowest BCUT2D eigenvalue weighted by atomic mass is 10.2. The first-order chi connectivity index (χ1) is 11.5. The molecular weight excluding hydrogens is 361 g/mol. The second-order valence-corrected chi connectivity index (χ2v) is 7.70. The maximum Gasteiger partial charge on any atom is 0.390 e. The van der Waals surface area contributed by atoms with Crippen LogP contribution in [0.4, 0.5) is 18.9 Å². The molecule has 0 N–H and O–H groups in total. The molecule has 1 heterocycles. The molecular formula is C15H19F3N2O4S. The van der Waals surface area contributed by atoms with Crippen molar-refractivity contribution in [2.24, 2.45) is 0 Å². The van der Waals surface area contributed by atoms with Crippen molar-refractivity contribution >= 4 is 21.6 Å². The summed E-state index contributed by atoms with van der Waals surface area (Å²) in [4.78, 5) is 13.9. The van der Waals surface area contributed by atoms with Crippen LogP contribution in [0, 0.1) is 0 Å². The third-order valence-corrected chi connectivity index (χ3v) is 5.92. The van der Waals surface area contributed by atoms with Gasteiger partial charge in [-0.2, -0.15) is 17.5 Å². The number of rotatable bonds is 5. The van der Waals surface area contributed by atoms with E-state index < -0.39 is 40.3 Å². The first-order valence-corrected chi connectivity index (χ1v) is 9.18. The summed E-state index contributed by atoms with van der Waals surface area (Å²) in [5, 5.41) is 0. The van der Waals surface area contributed by atoms with Crippen LogP contribution < -0.4 is 9.64 Å². The molecule has 1 aromatic carbocycles. The SMILES string of the molecule is COc1ccc(N2CCN(S(=O)(=O)CCC(F)(F)F)[C@H](C)C2=O)cc1. The molecule has 25 heavy (non-hydrogen) atoms. The summed E-state index contributed by atoms with van der Waals surface area (Å²) in [6, 6.07) is 5.60. The first kappa shape index (κ1) is 19.5. The van der Waals surface area contributed by atoms with E-state index in [0.717, 1.165) is 4.31 Å². The first-order valence-electron chi connectivity index (χ1n) is 7.57. The van der Waals surface area contributed by atoms with E-state index in [1.54, 1.807) is 24.3 Å². The number of halogens is 3. The zero-order valence-corrected chi connectivity index (χ0v) is 14.6. The molecule has 140 valence electrons. The molecule has 0 spiro atoms. The lowest BCUT2D eigenvalue weighted by Gasteiger charge is -2.38. The highest BCUT2D eigenvalue weighted by atomic mass is 32.2. The number of amides is 1. The predicted molar refractivity (Wildman–Crippen MR) is 86.0 cm³/mol. The maximum atomic E-state index is 12.5. The van der Waals surface area contributed by atoms with Gasteiger partial charge in [-0.05, 0) is 31.2 Å². The Labute approximate surface area is 144 Å². The molecule has 1 aliphatic heterocycles. The van der Waals surface area contributed by atoms with E-state index in [0.29, 0.717) is 11.4 Å². The van der Waals surface area contributed by atoms with Crippen molar-refractivity contribution in [3.8, 4) is 5.75 Å². The van der Waals surface area contributed by atoms with Gasteiger partial charge in [0.05, 0.1) is 19.3 Å². The maximum absolute atomic E-state index is 12.5. The molecule has 0 aliphatic carbocycles. The van der Waals surface area contributed by atoms with Crippen molar-refractivity contribution in [3.63, 3.8) is 0 Å². The van der Waals surface area contributed by atoms with Gasteiger partial charge in [0.15, 0.2) is 0 Å². The lowest BCUT2D eigenvalue weighted by molar-refractivity contribution is -0.130. The standard InChI is InChI=1S/C15H19F3N2O4S/c1-11-14(21)19(12-3-5-13(24-2)6-4-12)8-9-20(11)25(22,23)10-7-15(16,17)18/h3-6,11H,7-10H2,1-2H3/t11-/m1/s1. The number of methoxy groups -OCH3 is 1. The number of carbonyl (C=O) groups excluding carboxylic acids is 1. The Morgan fingerprint density at radius 3 is 2.32 bits per heavy atom. The quantitative estimate of drug-likeness (QED) is 0.784. The summed E-state index contributed by atoms with van der Waals surface area (Å²) in [5.41, 5.74) is 0.574. The zero-order chi connectivity index (χ0) is 18.8. The van der Waals surface area contributed by atoms with Crippen LogP contribution in [0.5, 0.6) is 5.75 Å². The average molecular weight is 380 g/mol. The Morgan fingerprint density at radius 2 is 1.80 bits per heavy atom. The van der Waals surface area contributed by atoms with Gasteiger partial charge in [-0.1, -0.05) is 0 Å². The van der Waals surface area contributed by atoms with Crippen LogP contribution in [0.25, 0.3) is 0 Å². The molecule has 6 nitrogen and oxygen atoms in total.